The fourth-order valence-electron chi connectivity index (χ4n) is 1.70. The third kappa shape index (κ3) is 3.01. The van der Waals surface area contributed by atoms with Crippen LogP contribution in [0.3, 0.4) is 0 Å². The molecule has 19 heavy (non-hydrogen) atoms. The number of amides is 1. The number of ketones is 1. The molecular weight excluding hydrogens is 353 g/mol. The van der Waals surface area contributed by atoms with Crippen molar-refractivity contribution in [3.8, 4) is 0 Å². The van der Waals surface area contributed by atoms with Crippen molar-refractivity contribution < 1.29 is 9.59 Å². The van der Waals surface area contributed by atoms with Crippen molar-refractivity contribution in [1.82, 2.24) is 0 Å². The van der Waals surface area contributed by atoms with Crippen LogP contribution in [0.2, 0.25) is 0 Å². The summed E-state index contributed by atoms with van der Waals surface area (Å²) in [6.07, 6.45) is 0. The summed E-state index contributed by atoms with van der Waals surface area (Å²) in [6, 6.07) is 16.0. The highest BCUT2D eigenvalue weighted by atomic mass is 127. The second kappa shape index (κ2) is 5.97. The van der Waals surface area contributed by atoms with Crippen molar-refractivity contribution in [2.24, 2.45) is 0 Å². The number of para-hydroxylation sites is 1. The maximum Gasteiger partial charge on any atom is 0.299 e. The van der Waals surface area contributed by atoms with Crippen LogP contribution in [-0.2, 0) is 4.79 Å². The van der Waals surface area contributed by atoms with Crippen LogP contribution in [0.25, 0.3) is 0 Å². The number of carbonyl (C=O) groups is 2. The molecule has 0 aliphatic carbocycles. The van der Waals surface area contributed by atoms with Gasteiger partial charge in [0, 0.05) is 16.2 Å². The van der Waals surface area contributed by atoms with E-state index in [1.165, 1.54) is 4.90 Å². The normalized spacial score (nSPS) is 10.0. The second-order valence-corrected chi connectivity index (χ2v) is 5.17. The zero-order valence-corrected chi connectivity index (χ0v) is 12.5. The minimum atomic E-state index is -0.532. The molecule has 2 rings (SSSR count). The van der Waals surface area contributed by atoms with Gasteiger partial charge in [0.25, 0.3) is 11.7 Å². The largest absolute Gasteiger partial charge is 0.308 e. The average Bonchev–Trinajstić information content (AvgIpc) is 2.46. The summed E-state index contributed by atoms with van der Waals surface area (Å²) in [6.45, 7) is 0. The Hall–Kier alpha value is -1.69. The predicted octanol–water partition coefficient (Wildman–Crippen LogP) is 3.14. The monoisotopic (exact) mass is 365 g/mol. The van der Waals surface area contributed by atoms with Gasteiger partial charge in [0.2, 0.25) is 0 Å². The van der Waals surface area contributed by atoms with E-state index in [0.717, 1.165) is 9.26 Å². The van der Waals surface area contributed by atoms with E-state index in [4.69, 9.17) is 0 Å². The van der Waals surface area contributed by atoms with Crippen molar-refractivity contribution in [3.63, 3.8) is 0 Å². The maximum absolute atomic E-state index is 12.2. The van der Waals surface area contributed by atoms with Gasteiger partial charge >= 0.3 is 0 Å². The highest BCUT2D eigenvalue weighted by molar-refractivity contribution is 14.1. The quantitative estimate of drug-likeness (QED) is 0.476. The molecule has 0 N–H and O–H groups in total. The molecule has 0 aromatic heterocycles. The van der Waals surface area contributed by atoms with Crippen LogP contribution in [0.15, 0.2) is 54.6 Å². The van der Waals surface area contributed by atoms with E-state index in [1.807, 2.05) is 30.3 Å². The Morgan fingerprint density at radius 3 is 2.16 bits per heavy atom. The van der Waals surface area contributed by atoms with Gasteiger partial charge in [-0.3, -0.25) is 9.59 Å². The minimum absolute atomic E-state index is 0.408. The molecule has 0 heterocycles. The standard InChI is InChI=1S/C15H12INO2/c1-17(13-10-6-5-9-12(13)16)15(19)14(18)11-7-3-2-4-8-11/h2-10H,1H3. The number of halogens is 1. The number of carbonyl (C=O) groups excluding carboxylic acids is 2. The van der Waals surface area contributed by atoms with Gasteiger partial charge in [-0.2, -0.15) is 0 Å². The zero-order valence-electron chi connectivity index (χ0n) is 10.3. The van der Waals surface area contributed by atoms with Crippen molar-refractivity contribution in [1.29, 1.82) is 0 Å². The smallest absolute Gasteiger partial charge is 0.299 e. The maximum atomic E-state index is 12.2. The van der Waals surface area contributed by atoms with E-state index in [9.17, 15) is 9.59 Å². The Morgan fingerprint density at radius 2 is 1.53 bits per heavy atom. The molecule has 0 unspecified atom stereocenters. The molecule has 3 nitrogen and oxygen atoms in total. The first-order valence-corrected chi connectivity index (χ1v) is 6.81. The Bertz CT molecular complexity index is 611. The summed E-state index contributed by atoms with van der Waals surface area (Å²) in [5, 5.41) is 0. The number of rotatable bonds is 3. The molecule has 0 saturated heterocycles. The van der Waals surface area contributed by atoms with Gasteiger partial charge in [-0.15, -0.1) is 0 Å². The molecule has 0 radical (unpaired) electrons. The number of benzene rings is 2. The molecule has 0 aliphatic heterocycles. The van der Waals surface area contributed by atoms with Gasteiger partial charge in [-0.05, 0) is 34.7 Å². The second-order valence-electron chi connectivity index (χ2n) is 4.01. The van der Waals surface area contributed by atoms with E-state index >= 15 is 0 Å². The van der Waals surface area contributed by atoms with Crippen molar-refractivity contribution in [3.05, 3.63) is 63.7 Å². The van der Waals surface area contributed by atoms with Gasteiger partial charge in [0.05, 0.1) is 5.69 Å². The van der Waals surface area contributed by atoms with E-state index in [2.05, 4.69) is 22.6 Å². The number of likely N-dealkylation sites (N-methyl/N-ethyl adjacent to an activating group) is 1. The zero-order chi connectivity index (χ0) is 13.8. The van der Waals surface area contributed by atoms with Crippen LogP contribution in [0.5, 0.6) is 0 Å². The molecule has 0 aliphatic rings. The molecule has 2 aromatic rings. The third-order valence-corrected chi connectivity index (χ3v) is 3.66. The molecule has 0 bridgehead atoms. The highest BCUT2D eigenvalue weighted by Gasteiger charge is 2.22. The molecule has 0 saturated carbocycles. The van der Waals surface area contributed by atoms with E-state index in [0.29, 0.717) is 5.56 Å². The molecule has 0 spiro atoms. The van der Waals surface area contributed by atoms with Crippen LogP contribution in [-0.4, -0.2) is 18.7 Å². The number of hydrogen-bond acceptors (Lipinski definition) is 2. The van der Waals surface area contributed by atoms with Gasteiger partial charge < -0.3 is 4.90 Å². The lowest BCUT2D eigenvalue weighted by Gasteiger charge is -2.17. The first-order chi connectivity index (χ1) is 9.11. The Balaban J connectivity index is 2.26. The molecule has 4 heteroatoms. The summed E-state index contributed by atoms with van der Waals surface area (Å²) in [7, 11) is 1.61. The Kier molecular flexibility index (Phi) is 4.31. The number of hydrogen-bond donors (Lipinski definition) is 0. The van der Waals surface area contributed by atoms with Gasteiger partial charge in [0.15, 0.2) is 0 Å². The summed E-state index contributed by atoms with van der Waals surface area (Å²) in [5.41, 5.74) is 1.14. The molecule has 1 amide bonds. The van der Waals surface area contributed by atoms with Crippen molar-refractivity contribution in [2.45, 2.75) is 0 Å². The average molecular weight is 365 g/mol. The molecule has 0 atom stereocenters. The van der Waals surface area contributed by atoms with Crippen LogP contribution < -0.4 is 4.90 Å². The fraction of sp³-hybridized carbons (Fsp3) is 0.0667. The predicted molar refractivity (Wildman–Crippen MR) is 83.3 cm³/mol. The SMILES string of the molecule is CN(C(=O)C(=O)c1ccccc1)c1ccccc1I. The van der Waals surface area contributed by atoms with Crippen LogP contribution >= 0.6 is 22.6 Å². The first kappa shape index (κ1) is 13.7. The lowest BCUT2D eigenvalue weighted by Crippen LogP contribution is -2.33. The van der Waals surface area contributed by atoms with Crippen molar-refractivity contribution in [2.75, 3.05) is 11.9 Å². The summed E-state index contributed by atoms with van der Waals surface area (Å²) in [4.78, 5) is 25.6. The highest BCUT2D eigenvalue weighted by Crippen LogP contribution is 2.21. The van der Waals surface area contributed by atoms with Gasteiger partial charge in [-0.25, -0.2) is 0 Å². The van der Waals surface area contributed by atoms with Crippen molar-refractivity contribution >= 4 is 40.0 Å². The van der Waals surface area contributed by atoms with Crippen LogP contribution in [0.1, 0.15) is 10.4 Å². The summed E-state index contributed by atoms with van der Waals surface area (Å²) < 4.78 is 0.928. The molecule has 2 aromatic carbocycles. The molecular formula is C15H12INO2. The van der Waals surface area contributed by atoms with Crippen LogP contribution in [0, 0.1) is 3.57 Å². The van der Waals surface area contributed by atoms with E-state index < -0.39 is 11.7 Å². The van der Waals surface area contributed by atoms with Crippen LogP contribution in [0.4, 0.5) is 5.69 Å². The lowest BCUT2D eigenvalue weighted by atomic mass is 10.1. The summed E-state index contributed by atoms with van der Waals surface area (Å²) in [5.74, 6) is -1.03. The number of nitrogens with zero attached hydrogens (tertiary/aromatic N) is 1. The van der Waals surface area contributed by atoms with E-state index in [1.54, 1.807) is 31.3 Å². The van der Waals surface area contributed by atoms with Gasteiger partial charge in [-0.1, -0.05) is 42.5 Å². The number of anilines is 1. The topological polar surface area (TPSA) is 37.4 Å². The van der Waals surface area contributed by atoms with E-state index in [-0.39, 0.29) is 0 Å². The molecule has 0 fully saturated rings. The fourth-order valence-corrected chi connectivity index (χ4v) is 2.45. The Morgan fingerprint density at radius 1 is 0.947 bits per heavy atom. The minimum Gasteiger partial charge on any atom is -0.308 e. The van der Waals surface area contributed by atoms with Gasteiger partial charge in [0.1, 0.15) is 0 Å². The number of Topliss-reactive ketones (excluding diaryl/α,β-unsaturated/α-hetero) is 1. The lowest BCUT2D eigenvalue weighted by molar-refractivity contribution is -0.114. The first-order valence-electron chi connectivity index (χ1n) is 5.73. The third-order valence-electron chi connectivity index (χ3n) is 2.75. The molecule has 96 valence electrons. The Labute approximate surface area is 125 Å². The summed E-state index contributed by atoms with van der Waals surface area (Å²) >= 11 is 2.14.